The van der Waals surface area contributed by atoms with Crippen LogP contribution in [-0.2, 0) is 9.53 Å². The van der Waals surface area contributed by atoms with Gasteiger partial charge in [-0.1, -0.05) is 26.3 Å². The smallest absolute Gasteiger partial charge is 0.330 e. The highest BCUT2D eigenvalue weighted by atomic mass is 16.5. The molecule has 0 saturated heterocycles. The number of hydrogen-bond acceptors (Lipinski definition) is 2. The van der Waals surface area contributed by atoms with Crippen LogP contribution in [0.4, 0.5) is 0 Å². The maximum absolute atomic E-state index is 10.8. The first kappa shape index (κ1) is 10.2. The molecule has 0 aromatic heterocycles. The predicted octanol–water partition coefficient (Wildman–Crippen LogP) is 2.15. The number of carbonyl (C=O) groups is 1. The molecule has 0 aromatic rings. The van der Waals surface area contributed by atoms with Crippen LogP contribution in [0.25, 0.3) is 0 Å². The van der Waals surface area contributed by atoms with Crippen molar-refractivity contribution in [2.24, 2.45) is 5.92 Å². The summed E-state index contributed by atoms with van der Waals surface area (Å²) in [6.45, 7) is 6.40. The molecule has 0 aliphatic carbocycles. The molecule has 0 aliphatic heterocycles. The number of esters is 1. The molecule has 0 bridgehead atoms. The molecule has 0 N–H and O–H groups in total. The van der Waals surface area contributed by atoms with Gasteiger partial charge in [-0.15, -0.1) is 0 Å². The Bertz CT molecular complexity index is 138. The summed E-state index contributed by atoms with van der Waals surface area (Å²) in [6.07, 6.45) is 4.42. The predicted molar refractivity (Wildman–Crippen MR) is 45.2 cm³/mol. The zero-order valence-electron chi connectivity index (χ0n) is 7.46. The largest absolute Gasteiger partial charge is 0.463 e. The highest BCUT2D eigenvalue weighted by Gasteiger charge is 1.95. The quantitative estimate of drug-likeness (QED) is 0.460. The molecule has 1 atom stereocenters. The van der Waals surface area contributed by atoms with Crippen molar-refractivity contribution < 1.29 is 9.53 Å². The lowest BCUT2D eigenvalue weighted by atomic mass is 10.1. The third kappa shape index (κ3) is 5.64. The van der Waals surface area contributed by atoms with E-state index in [0.29, 0.717) is 12.5 Å². The Morgan fingerprint density at radius 2 is 2.18 bits per heavy atom. The first-order valence-electron chi connectivity index (χ1n) is 4.05. The molecule has 0 fully saturated rings. The molecule has 64 valence electrons. The minimum atomic E-state index is -0.243. The summed E-state index contributed by atoms with van der Waals surface area (Å²) in [7, 11) is 0. The molecule has 0 rings (SSSR count). The van der Waals surface area contributed by atoms with Gasteiger partial charge in [-0.2, -0.15) is 0 Å². The number of carbonyl (C=O) groups excluding carboxylic acids is 1. The Kier molecular flexibility index (Phi) is 5.53. The molecule has 0 heterocycles. The fourth-order valence-corrected chi connectivity index (χ4v) is 0.569. The van der Waals surface area contributed by atoms with Crippen LogP contribution in [0, 0.1) is 5.92 Å². The van der Waals surface area contributed by atoms with Crippen molar-refractivity contribution in [3.63, 3.8) is 0 Å². The van der Waals surface area contributed by atoms with Gasteiger partial charge in [-0.3, -0.25) is 0 Å². The molecule has 2 heteroatoms. The van der Waals surface area contributed by atoms with Crippen LogP contribution in [0.5, 0.6) is 0 Å². The van der Waals surface area contributed by atoms with E-state index in [4.69, 9.17) is 4.74 Å². The second-order valence-corrected chi connectivity index (χ2v) is 2.50. The van der Waals surface area contributed by atoms with E-state index in [1.54, 1.807) is 6.92 Å². The monoisotopic (exact) mass is 156 g/mol. The van der Waals surface area contributed by atoms with E-state index in [-0.39, 0.29) is 5.97 Å². The van der Waals surface area contributed by atoms with Crippen molar-refractivity contribution in [2.45, 2.75) is 27.2 Å². The maximum Gasteiger partial charge on any atom is 0.330 e. The first-order valence-corrected chi connectivity index (χ1v) is 4.05. The van der Waals surface area contributed by atoms with Gasteiger partial charge in [-0.05, 0) is 12.8 Å². The van der Waals surface area contributed by atoms with Gasteiger partial charge in [0, 0.05) is 6.08 Å². The van der Waals surface area contributed by atoms with Gasteiger partial charge >= 0.3 is 5.97 Å². The van der Waals surface area contributed by atoms with Crippen LogP contribution in [0.1, 0.15) is 27.2 Å². The van der Waals surface area contributed by atoms with Crippen molar-refractivity contribution in [3.05, 3.63) is 12.2 Å². The summed E-state index contributed by atoms with van der Waals surface area (Å²) in [5.41, 5.74) is 0. The van der Waals surface area contributed by atoms with E-state index in [9.17, 15) is 4.79 Å². The highest BCUT2D eigenvalue weighted by Crippen LogP contribution is 2.01. The highest BCUT2D eigenvalue weighted by molar-refractivity contribution is 5.81. The molecular weight excluding hydrogens is 140 g/mol. The second kappa shape index (κ2) is 5.96. The molecule has 0 saturated carbocycles. The van der Waals surface area contributed by atoms with Gasteiger partial charge in [0.1, 0.15) is 0 Å². The average Bonchev–Trinajstić information content (AvgIpc) is 2.01. The van der Waals surface area contributed by atoms with E-state index in [2.05, 4.69) is 13.8 Å². The van der Waals surface area contributed by atoms with Crippen molar-refractivity contribution in [1.82, 2.24) is 0 Å². The third-order valence-corrected chi connectivity index (χ3v) is 1.49. The number of rotatable bonds is 4. The fraction of sp³-hybridized carbons (Fsp3) is 0.667. The second-order valence-electron chi connectivity index (χ2n) is 2.50. The summed E-state index contributed by atoms with van der Waals surface area (Å²) < 4.78 is 4.71. The summed E-state index contributed by atoms with van der Waals surface area (Å²) in [6, 6.07) is 0. The molecule has 0 radical (unpaired) electrons. The third-order valence-electron chi connectivity index (χ3n) is 1.49. The molecular formula is C9H16O2. The Morgan fingerprint density at radius 3 is 2.64 bits per heavy atom. The lowest BCUT2D eigenvalue weighted by molar-refractivity contribution is -0.137. The van der Waals surface area contributed by atoms with Crippen molar-refractivity contribution in [3.8, 4) is 0 Å². The summed E-state index contributed by atoms with van der Waals surface area (Å²) in [5.74, 6) is 0.215. The van der Waals surface area contributed by atoms with E-state index in [1.165, 1.54) is 6.08 Å². The van der Waals surface area contributed by atoms with Crippen molar-refractivity contribution in [2.75, 3.05) is 6.61 Å². The van der Waals surface area contributed by atoms with Crippen molar-refractivity contribution in [1.29, 1.82) is 0 Å². The van der Waals surface area contributed by atoms with E-state index in [1.807, 2.05) is 6.08 Å². The van der Waals surface area contributed by atoms with Gasteiger partial charge in [0.05, 0.1) is 6.61 Å². The normalized spacial score (nSPS) is 13.4. The Hall–Kier alpha value is -0.790. The minimum absolute atomic E-state index is 0.243. The Balaban J connectivity index is 3.63. The van der Waals surface area contributed by atoms with Gasteiger partial charge in [0.15, 0.2) is 0 Å². The zero-order chi connectivity index (χ0) is 8.69. The van der Waals surface area contributed by atoms with Crippen LogP contribution in [-0.4, -0.2) is 12.6 Å². The molecule has 0 aliphatic rings. The SMILES string of the molecule is CCOC(=O)/C=C/[C@@H](C)CC. The van der Waals surface area contributed by atoms with Crippen LogP contribution >= 0.6 is 0 Å². The topological polar surface area (TPSA) is 26.3 Å². The molecule has 11 heavy (non-hydrogen) atoms. The summed E-state index contributed by atoms with van der Waals surface area (Å²) in [5, 5.41) is 0. The van der Waals surface area contributed by atoms with Gasteiger partial charge in [0.25, 0.3) is 0 Å². The lowest BCUT2D eigenvalue weighted by Gasteiger charge is -1.99. The molecule has 0 unspecified atom stereocenters. The van der Waals surface area contributed by atoms with E-state index in [0.717, 1.165) is 6.42 Å². The van der Waals surface area contributed by atoms with Crippen LogP contribution in [0.2, 0.25) is 0 Å². The minimum Gasteiger partial charge on any atom is -0.463 e. The van der Waals surface area contributed by atoms with Gasteiger partial charge in [-0.25, -0.2) is 4.79 Å². The molecule has 2 nitrogen and oxygen atoms in total. The lowest BCUT2D eigenvalue weighted by Crippen LogP contribution is -1.99. The molecule has 0 amide bonds. The number of hydrogen-bond donors (Lipinski definition) is 0. The average molecular weight is 156 g/mol. The summed E-state index contributed by atoms with van der Waals surface area (Å²) >= 11 is 0. The maximum atomic E-state index is 10.8. The molecule has 0 spiro atoms. The Morgan fingerprint density at radius 1 is 1.55 bits per heavy atom. The standard InChI is InChI=1S/C9H16O2/c1-4-8(3)6-7-9(10)11-5-2/h6-8H,4-5H2,1-3H3/b7-6+/t8-/m0/s1. The first-order chi connectivity index (χ1) is 5.20. The van der Waals surface area contributed by atoms with Gasteiger partial charge in [0.2, 0.25) is 0 Å². The molecule has 0 aromatic carbocycles. The summed E-state index contributed by atoms with van der Waals surface area (Å²) in [4.78, 5) is 10.8. The van der Waals surface area contributed by atoms with Crippen LogP contribution < -0.4 is 0 Å². The van der Waals surface area contributed by atoms with E-state index < -0.39 is 0 Å². The van der Waals surface area contributed by atoms with Crippen LogP contribution in [0.15, 0.2) is 12.2 Å². The fourth-order valence-electron chi connectivity index (χ4n) is 0.569. The van der Waals surface area contributed by atoms with Gasteiger partial charge < -0.3 is 4.74 Å². The zero-order valence-corrected chi connectivity index (χ0v) is 7.46. The Labute approximate surface area is 68.2 Å². The number of allylic oxidation sites excluding steroid dienone is 1. The van der Waals surface area contributed by atoms with Crippen molar-refractivity contribution >= 4 is 5.97 Å². The van der Waals surface area contributed by atoms with E-state index >= 15 is 0 Å². The van der Waals surface area contributed by atoms with Crippen LogP contribution in [0.3, 0.4) is 0 Å². The number of ether oxygens (including phenoxy) is 1.